The molecule has 0 fully saturated rings. The molecule has 0 spiro atoms. The SMILES string of the molecule is COCCCNS(=O)(=O)c1cccc2c1CCNC2. The van der Waals surface area contributed by atoms with Crippen LogP contribution in [0.4, 0.5) is 0 Å². The van der Waals surface area contributed by atoms with Crippen LogP contribution in [0.2, 0.25) is 0 Å². The van der Waals surface area contributed by atoms with E-state index in [4.69, 9.17) is 4.74 Å². The Morgan fingerprint density at radius 1 is 1.42 bits per heavy atom. The number of benzene rings is 1. The number of ether oxygens (including phenoxy) is 1. The Balaban J connectivity index is 2.16. The molecule has 0 bridgehead atoms. The first-order valence-corrected chi connectivity index (χ1v) is 7.93. The maximum absolute atomic E-state index is 12.3. The summed E-state index contributed by atoms with van der Waals surface area (Å²) in [6, 6.07) is 5.46. The Labute approximate surface area is 114 Å². The Bertz CT molecular complexity index is 529. The summed E-state index contributed by atoms with van der Waals surface area (Å²) >= 11 is 0. The molecular formula is C13H20N2O3S. The van der Waals surface area contributed by atoms with Crippen LogP contribution in [-0.4, -0.2) is 35.2 Å². The maximum atomic E-state index is 12.3. The predicted octanol–water partition coefficient (Wildman–Crippen LogP) is 0.647. The van der Waals surface area contributed by atoms with Gasteiger partial charge in [0.05, 0.1) is 4.90 Å². The fraction of sp³-hybridized carbons (Fsp3) is 0.538. The van der Waals surface area contributed by atoms with Gasteiger partial charge in [0.2, 0.25) is 10.0 Å². The molecule has 1 aliphatic heterocycles. The minimum atomic E-state index is -3.42. The van der Waals surface area contributed by atoms with Gasteiger partial charge in [-0.05, 0) is 36.6 Å². The predicted molar refractivity (Wildman–Crippen MR) is 73.5 cm³/mol. The Hall–Kier alpha value is -0.950. The zero-order valence-corrected chi connectivity index (χ0v) is 11.9. The summed E-state index contributed by atoms with van der Waals surface area (Å²) in [4.78, 5) is 0.420. The highest BCUT2D eigenvalue weighted by Gasteiger charge is 2.21. The van der Waals surface area contributed by atoms with Crippen LogP contribution >= 0.6 is 0 Å². The highest BCUT2D eigenvalue weighted by atomic mass is 32.2. The Kier molecular flexibility index (Phi) is 4.93. The molecule has 0 saturated heterocycles. The molecule has 19 heavy (non-hydrogen) atoms. The van der Waals surface area contributed by atoms with Crippen molar-refractivity contribution in [3.8, 4) is 0 Å². The molecule has 2 N–H and O–H groups in total. The summed E-state index contributed by atoms with van der Waals surface area (Å²) in [5.41, 5.74) is 2.02. The quantitative estimate of drug-likeness (QED) is 0.753. The molecule has 1 heterocycles. The van der Waals surface area contributed by atoms with Gasteiger partial charge in [0.25, 0.3) is 0 Å². The fourth-order valence-corrected chi connectivity index (χ4v) is 3.63. The van der Waals surface area contributed by atoms with Crippen molar-refractivity contribution in [3.05, 3.63) is 29.3 Å². The van der Waals surface area contributed by atoms with Crippen molar-refractivity contribution in [1.82, 2.24) is 10.0 Å². The van der Waals surface area contributed by atoms with Crippen LogP contribution < -0.4 is 10.0 Å². The zero-order valence-electron chi connectivity index (χ0n) is 11.1. The van der Waals surface area contributed by atoms with Gasteiger partial charge in [-0.3, -0.25) is 0 Å². The maximum Gasteiger partial charge on any atom is 0.240 e. The number of methoxy groups -OCH3 is 1. The van der Waals surface area contributed by atoms with E-state index in [2.05, 4.69) is 10.0 Å². The minimum Gasteiger partial charge on any atom is -0.385 e. The molecule has 6 heteroatoms. The third-order valence-electron chi connectivity index (χ3n) is 3.20. The first-order valence-electron chi connectivity index (χ1n) is 6.45. The van der Waals surface area contributed by atoms with Gasteiger partial charge in [-0.15, -0.1) is 0 Å². The van der Waals surface area contributed by atoms with Crippen molar-refractivity contribution in [1.29, 1.82) is 0 Å². The van der Waals surface area contributed by atoms with E-state index in [1.54, 1.807) is 19.2 Å². The number of hydrogen-bond acceptors (Lipinski definition) is 4. The molecule has 0 unspecified atom stereocenters. The van der Waals surface area contributed by atoms with Crippen molar-refractivity contribution in [2.24, 2.45) is 0 Å². The van der Waals surface area contributed by atoms with Crippen molar-refractivity contribution < 1.29 is 13.2 Å². The third kappa shape index (κ3) is 3.54. The number of sulfonamides is 1. The van der Waals surface area contributed by atoms with Crippen molar-refractivity contribution in [2.45, 2.75) is 24.3 Å². The first kappa shape index (κ1) is 14.5. The summed E-state index contributed by atoms with van der Waals surface area (Å²) in [6.07, 6.45) is 1.43. The summed E-state index contributed by atoms with van der Waals surface area (Å²) < 4.78 is 32.1. The number of nitrogens with one attached hydrogen (secondary N) is 2. The van der Waals surface area contributed by atoms with Gasteiger partial charge in [0.1, 0.15) is 0 Å². The molecule has 5 nitrogen and oxygen atoms in total. The second-order valence-electron chi connectivity index (χ2n) is 4.56. The van der Waals surface area contributed by atoms with Gasteiger partial charge in [0.15, 0.2) is 0 Å². The lowest BCUT2D eigenvalue weighted by Gasteiger charge is -2.20. The smallest absolute Gasteiger partial charge is 0.240 e. The van der Waals surface area contributed by atoms with Crippen LogP contribution in [0, 0.1) is 0 Å². The number of hydrogen-bond donors (Lipinski definition) is 2. The molecule has 0 aliphatic carbocycles. The van der Waals surface area contributed by atoms with E-state index in [1.165, 1.54) is 0 Å². The number of rotatable bonds is 6. The van der Waals surface area contributed by atoms with Crippen LogP contribution in [0.1, 0.15) is 17.5 Å². The highest BCUT2D eigenvalue weighted by Crippen LogP contribution is 2.22. The first-order chi connectivity index (χ1) is 9.15. The van der Waals surface area contributed by atoms with E-state index in [1.807, 2.05) is 6.07 Å². The lowest BCUT2D eigenvalue weighted by atomic mass is 10.0. The summed E-state index contributed by atoms with van der Waals surface area (Å²) in [5, 5.41) is 3.25. The van der Waals surface area contributed by atoms with E-state index in [9.17, 15) is 8.42 Å². The minimum absolute atomic E-state index is 0.401. The van der Waals surface area contributed by atoms with Gasteiger partial charge in [-0.1, -0.05) is 12.1 Å². The van der Waals surface area contributed by atoms with Gasteiger partial charge in [0, 0.05) is 26.8 Å². The molecule has 2 rings (SSSR count). The summed E-state index contributed by atoms with van der Waals surface area (Å²) in [6.45, 7) is 2.52. The molecule has 1 aromatic rings. The summed E-state index contributed by atoms with van der Waals surface area (Å²) in [5.74, 6) is 0. The third-order valence-corrected chi connectivity index (χ3v) is 4.75. The molecule has 0 atom stereocenters. The van der Waals surface area contributed by atoms with E-state index < -0.39 is 10.0 Å². The van der Waals surface area contributed by atoms with Gasteiger partial charge in [-0.2, -0.15) is 0 Å². The monoisotopic (exact) mass is 284 g/mol. The second kappa shape index (κ2) is 6.47. The summed E-state index contributed by atoms with van der Waals surface area (Å²) in [7, 11) is -1.81. The Morgan fingerprint density at radius 3 is 3.05 bits per heavy atom. The molecule has 0 saturated carbocycles. The van der Waals surface area contributed by atoms with E-state index in [0.29, 0.717) is 24.5 Å². The molecule has 1 aliphatic rings. The molecule has 0 amide bonds. The lowest BCUT2D eigenvalue weighted by Crippen LogP contribution is -2.30. The van der Waals surface area contributed by atoms with Gasteiger partial charge < -0.3 is 10.1 Å². The van der Waals surface area contributed by atoms with Crippen LogP contribution in [0.3, 0.4) is 0 Å². The van der Waals surface area contributed by atoms with Crippen LogP contribution in [-0.2, 0) is 27.7 Å². The van der Waals surface area contributed by atoms with E-state index in [-0.39, 0.29) is 0 Å². The van der Waals surface area contributed by atoms with E-state index >= 15 is 0 Å². The molecule has 1 aromatic carbocycles. The average molecular weight is 284 g/mol. The topological polar surface area (TPSA) is 67.4 Å². The zero-order chi connectivity index (χ0) is 13.7. The second-order valence-corrected chi connectivity index (χ2v) is 6.30. The molecular weight excluding hydrogens is 264 g/mol. The molecule has 106 valence electrons. The largest absolute Gasteiger partial charge is 0.385 e. The normalized spacial score (nSPS) is 15.2. The van der Waals surface area contributed by atoms with E-state index in [0.717, 1.165) is 30.6 Å². The van der Waals surface area contributed by atoms with Gasteiger partial charge >= 0.3 is 0 Å². The number of fused-ring (bicyclic) bond motifs is 1. The van der Waals surface area contributed by atoms with Crippen molar-refractivity contribution in [3.63, 3.8) is 0 Å². The van der Waals surface area contributed by atoms with Crippen LogP contribution in [0.25, 0.3) is 0 Å². The molecule has 0 radical (unpaired) electrons. The standard InChI is InChI=1S/C13H20N2O3S/c1-18-9-3-7-15-19(16,17)13-5-2-4-11-10-14-8-6-12(11)13/h2,4-5,14-15H,3,6-10H2,1H3. The van der Waals surface area contributed by atoms with Crippen molar-refractivity contribution >= 4 is 10.0 Å². The van der Waals surface area contributed by atoms with Crippen LogP contribution in [0.15, 0.2) is 23.1 Å². The Morgan fingerprint density at radius 2 is 2.26 bits per heavy atom. The van der Waals surface area contributed by atoms with Crippen LogP contribution in [0.5, 0.6) is 0 Å². The van der Waals surface area contributed by atoms with Crippen molar-refractivity contribution in [2.75, 3.05) is 26.8 Å². The lowest BCUT2D eigenvalue weighted by molar-refractivity contribution is 0.196. The average Bonchev–Trinajstić information content (AvgIpc) is 2.43. The fourth-order valence-electron chi connectivity index (χ4n) is 2.25. The molecule has 0 aromatic heterocycles. The highest BCUT2D eigenvalue weighted by molar-refractivity contribution is 7.89. The van der Waals surface area contributed by atoms with Gasteiger partial charge in [-0.25, -0.2) is 13.1 Å².